The summed E-state index contributed by atoms with van der Waals surface area (Å²) >= 11 is 0. The Bertz CT molecular complexity index is 692. The molecule has 0 aromatic heterocycles. The van der Waals surface area contributed by atoms with Crippen LogP contribution >= 0.6 is 0 Å². The van der Waals surface area contributed by atoms with Crippen molar-refractivity contribution in [2.75, 3.05) is 0 Å². The fourth-order valence-electron chi connectivity index (χ4n) is 3.56. The molecule has 0 N–H and O–H groups in total. The molecule has 0 spiro atoms. The first-order chi connectivity index (χ1) is 12.4. The van der Waals surface area contributed by atoms with E-state index in [0.29, 0.717) is 18.4 Å². The lowest BCUT2D eigenvalue weighted by Gasteiger charge is -2.27. The molecule has 1 saturated carbocycles. The molecule has 5 heteroatoms. The summed E-state index contributed by atoms with van der Waals surface area (Å²) in [4.78, 5) is 35.8. The van der Waals surface area contributed by atoms with Crippen molar-refractivity contribution in [2.24, 2.45) is 5.92 Å². The monoisotopic (exact) mass is 356 g/mol. The van der Waals surface area contributed by atoms with Gasteiger partial charge in [0.05, 0.1) is 11.9 Å². The van der Waals surface area contributed by atoms with E-state index in [9.17, 15) is 24.6 Å². The van der Waals surface area contributed by atoms with Crippen molar-refractivity contribution in [1.29, 1.82) is 0 Å². The molecule has 1 fully saturated rings. The maximum atomic E-state index is 12.5. The van der Waals surface area contributed by atoms with E-state index in [1.54, 1.807) is 24.3 Å². The highest BCUT2D eigenvalue weighted by atomic mass is 16.4. The lowest BCUT2D eigenvalue weighted by Crippen LogP contribution is -2.35. The van der Waals surface area contributed by atoms with Gasteiger partial charge in [0.2, 0.25) is 0 Å². The third-order valence-corrected chi connectivity index (χ3v) is 5.02. The van der Waals surface area contributed by atoms with Gasteiger partial charge in [0.15, 0.2) is 5.78 Å². The van der Waals surface area contributed by atoms with Crippen molar-refractivity contribution in [3.05, 3.63) is 46.5 Å². The number of aliphatic carboxylic acids is 2. The van der Waals surface area contributed by atoms with E-state index in [2.05, 4.69) is 0 Å². The minimum atomic E-state index is -1.60. The molecule has 26 heavy (non-hydrogen) atoms. The molecule has 0 amide bonds. The van der Waals surface area contributed by atoms with Gasteiger partial charge in [-0.2, -0.15) is 0 Å². The number of benzene rings is 1. The molecule has 0 saturated heterocycles. The van der Waals surface area contributed by atoms with Crippen molar-refractivity contribution in [3.8, 4) is 0 Å². The Hall–Kier alpha value is -2.43. The van der Waals surface area contributed by atoms with Crippen LogP contribution in [0.1, 0.15) is 67.3 Å². The highest BCUT2D eigenvalue weighted by Gasteiger charge is 2.23. The fraction of sp³-hybridized carbons (Fsp3) is 0.476. The van der Waals surface area contributed by atoms with Gasteiger partial charge in [-0.3, -0.25) is 4.79 Å². The summed E-state index contributed by atoms with van der Waals surface area (Å²) in [5.74, 6) is -3.95. The SMILES string of the molecule is Cc1ccc(C(=O)C/C(C(=O)[O-])=C(\C(=O)[O-])C2CCCCCCC2)cc1. The van der Waals surface area contributed by atoms with E-state index in [1.165, 1.54) is 0 Å². The normalized spacial score (nSPS) is 17.0. The standard InChI is InChI=1S/C21H26O5/c1-14-9-11-15(12-10-14)18(22)13-17(20(23)24)19(21(25)26)16-7-5-3-2-4-6-8-16/h9-12,16H,2-8,13H2,1H3,(H,23,24)(H,25,26)/p-2/b19-17+. The largest absolute Gasteiger partial charge is 0.545 e. The molecular weight excluding hydrogens is 332 g/mol. The van der Waals surface area contributed by atoms with Gasteiger partial charge < -0.3 is 19.8 Å². The molecular formula is C21H24O5-2. The number of hydrogen-bond donors (Lipinski definition) is 0. The average molecular weight is 356 g/mol. The van der Waals surface area contributed by atoms with Crippen LogP contribution in [-0.4, -0.2) is 17.7 Å². The molecule has 1 aliphatic rings. The molecule has 0 atom stereocenters. The van der Waals surface area contributed by atoms with Crippen LogP contribution in [0.2, 0.25) is 0 Å². The maximum absolute atomic E-state index is 12.5. The molecule has 0 aliphatic heterocycles. The first-order valence-electron chi connectivity index (χ1n) is 9.15. The van der Waals surface area contributed by atoms with Gasteiger partial charge in [0.1, 0.15) is 0 Å². The predicted molar refractivity (Wildman–Crippen MR) is 93.0 cm³/mol. The molecule has 0 radical (unpaired) electrons. The Kier molecular flexibility index (Phi) is 7.13. The Morgan fingerprint density at radius 1 is 0.885 bits per heavy atom. The third-order valence-electron chi connectivity index (χ3n) is 5.02. The van der Waals surface area contributed by atoms with Crippen LogP contribution in [0.3, 0.4) is 0 Å². The number of carboxylic acid groups (broad SMARTS) is 2. The number of ketones is 1. The van der Waals surface area contributed by atoms with Gasteiger partial charge in [-0.25, -0.2) is 0 Å². The number of carbonyl (C=O) groups excluding carboxylic acids is 3. The van der Waals surface area contributed by atoms with Gasteiger partial charge in [-0.05, 0) is 36.8 Å². The minimum absolute atomic E-state index is 0.257. The second-order valence-electron chi connectivity index (χ2n) is 6.98. The summed E-state index contributed by atoms with van der Waals surface area (Å²) in [7, 11) is 0. The molecule has 0 bridgehead atoms. The number of Topliss-reactive ketones (excluding diaryl/α,β-unsaturated/α-hetero) is 1. The van der Waals surface area contributed by atoms with Crippen LogP contribution in [-0.2, 0) is 9.59 Å². The Labute approximate surface area is 153 Å². The van der Waals surface area contributed by atoms with Crippen LogP contribution in [0.4, 0.5) is 0 Å². The number of rotatable bonds is 6. The van der Waals surface area contributed by atoms with Crippen LogP contribution in [0.25, 0.3) is 0 Å². The summed E-state index contributed by atoms with van der Waals surface area (Å²) in [5.41, 5.74) is 0.625. The van der Waals surface area contributed by atoms with Crippen LogP contribution < -0.4 is 10.2 Å². The van der Waals surface area contributed by atoms with Crippen LogP contribution in [0.15, 0.2) is 35.4 Å². The van der Waals surface area contributed by atoms with Gasteiger partial charge in [0.25, 0.3) is 0 Å². The fourth-order valence-corrected chi connectivity index (χ4v) is 3.56. The van der Waals surface area contributed by atoms with Gasteiger partial charge >= 0.3 is 0 Å². The molecule has 0 unspecified atom stereocenters. The maximum Gasteiger partial charge on any atom is 0.167 e. The second kappa shape index (κ2) is 9.32. The van der Waals surface area contributed by atoms with E-state index in [4.69, 9.17) is 0 Å². The highest BCUT2D eigenvalue weighted by molar-refractivity contribution is 6.06. The van der Waals surface area contributed by atoms with Crippen LogP contribution in [0, 0.1) is 12.8 Å². The topological polar surface area (TPSA) is 97.3 Å². The van der Waals surface area contributed by atoms with Gasteiger partial charge in [0, 0.05) is 12.0 Å². The molecule has 1 aromatic carbocycles. The van der Waals surface area contributed by atoms with E-state index >= 15 is 0 Å². The number of carbonyl (C=O) groups is 3. The quantitative estimate of drug-likeness (QED) is 0.571. The van der Waals surface area contributed by atoms with E-state index in [0.717, 1.165) is 37.7 Å². The van der Waals surface area contributed by atoms with Crippen molar-refractivity contribution >= 4 is 17.7 Å². The average Bonchev–Trinajstić information content (AvgIpc) is 2.55. The minimum Gasteiger partial charge on any atom is -0.545 e. The molecule has 140 valence electrons. The molecule has 2 rings (SSSR count). The summed E-state index contributed by atoms with van der Waals surface area (Å²) < 4.78 is 0. The lowest BCUT2D eigenvalue weighted by atomic mass is 9.82. The molecule has 1 aromatic rings. The summed E-state index contributed by atoms with van der Waals surface area (Å²) in [5, 5.41) is 23.4. The Morgan fingerprint density at radius 2 is 1.42 bits per heavy atom. The zero-order valence-corrected chi connectivity index (χ0v) is 15.1. The van der Waals surface area contributed by atoms with Crippen molar-refractivity contribution in [3.63, 3.8) is 0 Å². The molecule has 0 heterocycles. The van der Waals surface area contributed by atoms with Crippen molar-refractivity contribution < 1.29 is 24.6 Å². The zero-order chi connectivity index (χ0) is 19.1. The molecule has 5 nitrogen and oxygen atoms in total. The number of aryl methyl sites for hydroxylation is 1. The summed E-state index contributed by atoms with van der Waals surface area (Å²) in [6.45, 7) is 1.88. The first kappa shape index (κ1) is 19.9. The Morgan fingerprint density at radius 3 is 1.92 bits per heavy atom. The third kappa shape index (κ3) is 5.28. The lowest BCUT2D eigenvalue weighted by molar-refractivity contribution is -0.304. The number of hydrogen-bond acceptors (Lipinski definition) is 5. The Balaban J connectivity index is 2.34. The smallest absolute Gasteiger partial charge is 0.167 e. The zero-order valence-electron chi connectivity index (χ0n) is 15.1. The van der Waals surface area contributed by atoms with E-state index in [1.807, 2.05) is 6.92 Å². The molecule has 1 aliphatic carbocycles. The van der Waals surface area contributed by atoms with E-state index in [-0.39, 0.29) is 5.57 Å². The van der Waals surface area contributed by atoms with Gasteiger partial charge in [-0.15, -0.1) is 0 Å². The second-order valence-corrected chi connectivity index (χ2v) is 6.98. The van der Waals surface area contributed by atoms with Gasteiger partial charge in [-0.1, -0.05) is 61.9 Å². The summed E-state index contributed by atoms with van der Waals surface area (Å²) in [6, 6.07) is 6.73. The van der Waals surface area contributed by atoms with Crippen LogP contribution in [0.5, 0.6) is 0 Å². The predicted octanol–water partition coefficient (Wildman–Crippen LogP) is 1.72. The highest BCUT2D eigenvalue weighted by Crippen LogP contribution is 2.31. The number of carboxylic acids is 2. The first-order valence-corrected chi connectivity index (χ1v) is 9.15. The van der Waals surface area contributed by atoms with Crippen molar-refractivity contribution in [2.45, 2.75) is 58.3 Å². The van der Waals surface area contributed by atoms with Crippen molar-refractivity contribution in [1.82, 2.24) is 0 Å². The summed E-state index contributed by atoms with van der Waals surface area (Å²) in [6.07, 6.45) is 5.49. The van der Waals surface area contributed by atoms with E-state index < -0.39 is 35.6 Å².